The normalized spacial score (nSPS) is 33.5. The summed E-state index contributed by atoms with van der Waals surface area (Å²) in [5, 5.41) is 3.31. The molecule has 120 valence electrons. The van der Waals surface area contributed by atoms with Crippen LogP contribution in [0, 0.1) is 0 Å². The van der Waals surface area contributed by atoms with Crippen molar-refractivity contribution in [2.24, 2.45) is 0 Å². The molecule has 0 aromatic carbocycles. The number of amides is 1. The first-order valence-corrected chi connectivity index (χ1v) is 8.46. The van der Waals surface area contributed by atoms with Crippen molar-refractivity contribution < 1.29 is 9.53 Å². The van der Waals surface area contributed by atoms with Crippen LogP contribution in [0.5, 0.6) is 0 Å². The molecule has 3 heterocycles. The summed E-state index contributed by atoms with van der Waals surface area (Å²) < 4.78 is 6.11. The van der Waals surface area contributed by atoms with Gasteiger partial charge in [-0.3, -0.25) is 9.69 Å². The summed E-state index contributed by atoms with van der Waals surface area (Å²) in [4.78, 5) is 17.1. The lowest BCUT2D eigenvalue weighted by molar-refractivity contribution is -0.137. The molecule has 21 heavy (non-hydrogen) atoms. The van der Waals surface area contributed by atoms with E-state index in [0.29, 0.717) is 12.0 Å². The van der Waals surface area contributed by atoms with E-state index in [4.69, 9.17) is 4.74 Å². The number of likely N-dealkylation sites (tertiary alicyclic amines) is 1. The minimum absolute atomic E-state index is 0.0163. The molecule has 0 aromatic heterocycles. The topological polar surface area (TPSA) is 44.8 Å². The van der Waals surface area contributed by atoms with E-state index < -0.39 is 0 Å². The van der Waals surface area contributed by atoms with Gasteiger partial charge in [-0.1, -0.05) is 0 Å². The fourth-order valence-electron chi connectivity index (χ4n) is 3.89. The Kier molecular flexibility index (Phi) is 4.52. The van der Waals surface area contributed by atoms with Crippen LogP contribution in [0.1, 0.15) is 39.5 Å². The van der Waals surface area contributed by atoms with E-state index in [9.17, 15) is 4.79 Å². The molecule has 3 aliphatic rings. The second-order valence-corrected chi connectivity index (χ2v) is 7.27. The van der Waals surface area contributed by atoms with E-state index in [2.05, 4.69) is 24.1 Å². The van der Waals surface area contributed by atoms with E-state index in [1.54, 1.807) is 0 Å². The molecule has 2 atom stereocenters. The van der Waals surface area contributed by atoms with Crippen molar-refractivity contribution in [1.29, 1.82) is 0 Å². The Labute approximate surface area is 128 Å². The molecule has 0 radical (unpaired) electrons. The Morgan fingerprint density at radius 2 is 2.00 bits per heavy atom. The molecule has 3 saturated heterocycles. The fourth-order valence-corrected chi connectivity index (χ4v) is 3.89. The smallest absolute Gasteiger partial charge is 0.240 e. The zero-order valence-electron chi connectivity index (χ0n) is 13.4. The van der Waals surface area contributed by atoms with Gasteiger partial charge < -0.3 is 15.0 Å². The average Bonchev–Trinajstić information content (AvgIpc) is 3.06. The predicted octanol–water partition coefficient (Wildman–Crippen LogP) is 0.840. The summed E-state index contributed by atoms with van der Waals surface area (Å²) in [7, 11) is 0. The maximum Gasteiger partial charge on any atom is 0.240 e. The maximum absolute atomic E-state index is 12.7. The zero-order valence-corrected chi connectivity index (χ0v) is 13.4. The van der Waals surface area contributed by atoms with Crippen LogP contribution in [0.4, 0.5) is 0 Å². The van der Waals surface area contributed by atoms with Gasteiger partial charge in [-0.25, -0.2) is 0 Å². The van der Waals surface area contributed by atoms with Gasteiger partial charge in [-0.2, -0.15) is 0 Å². The van der Waals surface area contributed by atoms with Crippen LogP contribution < -0.4 is 5.32 Å². The zero-order chi connectivity index (χ0) is 14.9. The predicted molar refractivity (Wildman–Crippen MR) is 82.2 cm³/mol. The van der Waals surface area contributed by atoms with E-state index >= 15 is 0 Å². The van der Waals surface area contributed by atoms with Gasteiger partial charge in [0.05, 0.1) is 17.7 Å². The molecule has 0 aromatic rings. The van der Waals surface area contributed by atoms with E-state index in [-0.39, 0.29) is 11.6 Å². The first-order chi connectivity index (χ1) is 10.1. The van der Waals surface area contributed by atoms with Crippen LogP contribution in [0.2, 0.25) is 0 Å². The van der Waals surface area contributed by atoms with Crippen molar-refractivity contribution in [3.8, 4) is 0 Å². The lowest BCUT2D eigenvalue weighted by Crippen LogP contribution is -2.53. The Hall–Kier alpha value is -0.650. The number of hydrogen-bond donors (Lipinski definition) is 1. The van der Waals surface area contributed by atoms with Crippen molar-refractivity contribution in [3.05, 3.63) is 0 Å². The number of carbonyl (C=O) groups is 1. The quantitative estimate of drug-likeness (QED) is 0.838. The SMILES string of the molecule is CC1(C)CCC(CN2CCCC2C(=O)N2CCNCC2)O1. The largest absolute Gasteiger partial charge is 0.371 e. The number of nitrogens with zero attached hydrogens (tertiary/aromatic N) is 2. The fraction of sp³-hybridized carbons (Fsp3) is 0.938. The number of rotatable bonds is 3. The Morgan fingerprint density at radius 1 is 1.24 bits per heavy atom. The number of ether oxygens (including phenoxy) is 1. The summed E-state index contributed by atoms with van der Waals surface area (Å²) in [6.07, 6.45) is 4.70. The molecular weight excluding hydrogens is 266 g/mol. The highest BCUT2D eigenvalue weighted by Crippen LogP contribution is 2.31. The van der Waals surface area contributed by atoms with Crippen LogP contribution in [0.15, 0.2) is 0 Å². The molecule has 5 nitrogen and oxygen atoms in total. The molecule has 2 unspecified atom stereocenters. The third kappa shape index (κ3) is 3.58. The highest BCUT2D eigenvalue weighted by molar-refractivity contribution is 5.82. The molecule has 1 N–H and O–H groups in total. The highest BCUT2D eigenvalue weighted by atomic mass is 16.5. The Bertz CT molecular complexity index is 380. The van der Waals surface area contributed by atoms with Gasteiger partial charge in [0.15, 0.2) is 0 Å². The highest BCUT2D eigenvalue weighted by Gasteiger charge is 2.38. The van der Waals surface area contributed by atoms with Gasteiger partial charge in [0.1, 0.15) is 0 Å². The standard InChI is InChI=1S/C16H29N3O2/c1-16(2)6-5-13(21-16)12-19-9-3-4-14(19)15(20)18-10-7-17-8-11-18/h13-14,17H,3-12H2,1-2H3. The van der Waals surface area contributed by atoms with Crippen LogP contribution in [0.25, 0.3) is 0 Å². The lowest BCUT2D eigenvalue weighted by atomic mass is 10.1. The van der Waals surface area contributed by atoms with Crippen LogP contribution >= 0.6 is 0 Å². The van der Waals surface area contributed by atoms with Gasteiger partial charge in [0, 0.05) is 32.7 Å². The summed E-state index contributed by atoms with van der Waals surface area (Å²) in [5.74, 6) is 0.339. The van der Waals surface area contributed by atoms with Crippen LogP contribution in [-0.2, 0) is 9.53 Å². The monoisotopic (exact) mass is 295 g/mol. The van der Waals surface area contributed by atoms with Crippen molar-refractivity contribution in [2.45, 2.75) is 57.3 Å². The Morgan fingerprint density at radius 3 is 2.67 bits per heavy atom. The number of carbonyl (C=O) groups excluding carboxylic acids is 1. The minimum Gasteiger partial charge on any atom is -0.371 e. The van der Waals surface area contributed by atoms with E-state index in [1.807, 2.05) is 4.90 Å². The average molecular weight is 295 g/mol. The number of piperazine rings is 1. The second kappa shape index (κ2) is 6.23. The molecule has 1 amide bonds. The minimum atomic E-state index is 0.0163. The summed E-state index contributed by atoms with van der Waals surface area (Å²) in [6.45, 7) is 9.87. The third-order valence-electron chi connectivity index (χ3n) is 5.07. The summed E-state index contributed by atoms with van der Waals surface area (Å²) in [5.41, 5.74) is 0.0163. The van der Waals surface area contributed by atoms with E-state index in [1.165, 1.54) is 0 Å². The van der Waals surface area contributed by atoms with Gasteiger partial charge in [0.2, 0.25) is 5.91 Å². The van der Waals surface area contributed by atoms with Crippen LogP contribution in [-0.4, -0.2) is 72.7 Å². The Balaban J connectivity index is 1.56. The molecule has 0 aliphatic carbocycles. The van der Waals surface area contributed by atoms with Gasteiger partial charge in [-0.15, -0.1) is 0 Å². The van der Waals surface area contributed by atoms with Crippen LogP contribution in [0.3, 0.4) is 0 Å². The van der Waals surface area contributed by atoms with Gasteiger partial charge in [-0.05, 0) is 46.1 Å². The molecule has 0 bridgehead atoms. The van der Waals surface area contributed by atoms with Crippen molar-refractivity contribution in [2.75, 3.05) is 39.3 Å². The van der Waals surface area contributed by atoms with Gasteiger partial charge in [0.25, 0.3) is 0 Å². The third-order valence-corrected chi connectivity index (χ3v) is 5.07. The molecule has 0 saturated carbocycles. The molecule has 5 heteroatoms. The first kappa shape index (κ1) is 15.3. The number of nitrogens with one attached hydrogen (secondary N) is 1. The second-order valence-electron chi connectivity index (χ2n) is 7.27. The summed E-state index contributed by atoms with van der Waals surface area (Å²) in [6, 6.07) is 0.0930. The molecule has 3 aliphatic heterocycles. The van der Waals surface area contributed by atoms with E-state index in [0.717, 1.165) is 65.0 Å². The molecule has 3 rings (SSSR count). The molecule has 3 fully saturated rings. The van der Waals surface area contributed by atoms with Gasteiger partial charge >= 0.3 is 0 Å². The maximum atomic E-state index is 12.7. The summed E-state index contributed by atoms with van der Waals surface area (Å²) >= 11 is 0. The molecular formula is C16H29N3O2. The van der Waals surface area contributed by atoms with Crippen molar-refractivity contribution >= 4 is 5.91 Å². The lowest BCUT2D eigenvalue weighted by Gasteiger charge is -2.34. The van der Waals surface area contributed by atoms with Crippen molar-refractivity contribution in [3.63, 3.8) is 0 Å². The molecule has 0 spiro atoms. The first-order valence-electron chi connectivity index (χ1n) is 8.46. The van der Waals surface area contributed by atoms with Crippen molar-refractivity contribution in [1.82, 2.24) is 15.1 Å². The number of hydrogen-bond acceptors (Lipinski definition) is 4.